The van der Waals surface area contributed by atoms with Gasteiger partial charge in [0, 0.05) is 34.1 Å². The summed E-state index contributed by atoms with van der Waals surface area (Å²) in [6.45, 7) is -0.403. The maximum absolute atomic E-state index is 11.9. The summed E-state index contributed by atoms with van der Waals surface area (Å²) in [5.74, 6) is -1.28. The topological polar surface area (TPSA) is 84.5 Å². The molecule has 2 aromatic carbocycles. The number of thiophene rings is 1. The maximum Gasteiger partial charge on any atom is 0.331 e. The molecule has 30 heavy (non-hydrogen) atoms. The minimum Gasteiger partial charge on any atom is -0.452 e. The van der Waals surface area contributed by atoms with E-state index in [0.29, 0.717) is 11.3 Å². The lowest BCUT2D eigenvalue weighted by Gasteiger charge is -2.06. The lowest BCUT2D eigenvalue weighted by atomic mass is 10.2. The number of hydrogen-bond acceptors (Lipinski definition) is 5. The largest absolute Gasteiger partial charge is 0.452 e. The number of ether oxygens (including phenoxy) is 1. The zero-order chi connectivity index (χ0) is 21.3. The fourth-order valence-corrected chi connectivity index (χ4v) is 3.50. The normalized spacial score (nSPS) is 10.6. The average molecular weight is 420 g/mol. The number of nitrogens with one attached hydrogen (secondary N) is 2. The smallest absolute Gasteiger partial charge is 0.331 e. The molecule has 0 radical (unpaired) electrons. The van der Waals surface area contributed by atoms with E-state index in [4.69, 9.17) is 4.74 Å². The van der Waals surface area contributed by atoms with Gasteiger partial charge >= 0.3 is 5.97 Å². The summed E-state index contributed by atoms with van der Waals surface area (Å²) in [4.78, 5) is 37.3. The molecule has 0 atom stereocenters. The van der Waals surface area contributed by atoms with Crippen LogP contribution >= 0.6 is 11.3 Å². The molecule has 7 heteroatoms. The first-order valence-electron chi connectivity index (χ1n) is 9.17. The molecule has 0 aliphatic heterocycles. The molecule has 0 unspecified atom stereocenters. The number of rotatable bonds is 7. The Kier molecular flexibility index (Phi) is 7.13. The van der Waals surface area contributed by atoms with Crippen LogP contribution in [0.2, 0.25) is 0 Å². The zero-order valence-electron chi connectivity index (χ0n) is 16.3. The minimum atomic E-state index is -0.602. The van der Waals surface area contributed by atoms with Crippen molar-refractivity contribution in [2.75, 3.05) is 19.0 Å². The molecule has 3 aromatic rings. The van der Waals surface area contributed by atoms with Gasteiger partial charge in [-0.15, -0.1) is 11.3 Å². The molecule has 0 aliphatic rings. The van der Waals surface area contributed by atoms with Crippen molar-refractivity contribution in [2.45, 2.75) is 0 Å². The predicted molar refractivity (Wildman–Crippen MR) is 118 cm³/mol. The van der Waals surface area contributed by atoms with Crippen LogP contribution < -0.4 is 10.6 Å². The van der Waals surface area contributed by atoms with Crippen molar-refractivity contribution in [2.24, 2.45) is 0 Å². The van der Waals surface area contributed by atoms with E-state index in [1.54, 1.807) is 48.7 Å². The Morgan fingerprint density at radius 1 is 0.967 bits per heavy atom. The van der Waals surface area contributed by atoms with Gasteiger partial charge in [-0.25, -0.2) is 4.79 Å². The predicted octanol–water partition coefficient (Wildman–Crippen LogP) is 3.97. The fourth-order valence-electron chi connectivity index (χ4n) is 2.58. The first-order valence-corrected chi connectivity index (χ1v) is 9.99. The Bertz CT molecular complexity index is 1060. The second-order valence-corrected chi connectivity index (χ2v) is 7.33. The lowest BCUT2D eigenvalue weighted by Crippen LogP contribution is -2.20. The molecule has 1 aromatic heterocycles. The molecule has 0 spiro atoms. The number of esters is 1. The van der Waals surface area contributed by atoms with Crippen LogP contribution in [0, 0.1) is 0 Å². The van der Waals surface area contributed by atoms with Gasteiger partial charge in [-0.05, 0) is 48.0 Å². The van der Waals surface area contributed by atoms with Gasteiger partial charge < -0.3 is 15.4 Å². The van der Waals surface area contributed by atoms with Gasteiger partial charge in [-0.1, -0.05) is 30.3 Å². The van der Waals surface area contributed by atoms with E-state index in [1.807, 2.05) is 42.5 Å². The summed E-state index contributed by atoms with van der Waals surface area (Å²) < 4.78 is 4.97. The van der Waals surface area contributed by atoms with Crippen molar-refractivity contribution in [1.29, 1.82) is 0 Å². The van der Waals surface area contributed by atoms with Gasteiger partial charge in [0.1, 0.15) is 0 Å². The Morgan fingerprint density at radius 2 is 1.70 bits per heavy atom. The summed E-state index contributed by atoms with van der Waals surface area (Å²) in [5, 5.41) is 5.12. The molecular formula is C23H20N2O4S. The first-order chi connectivity index (χ1) is 14.5. The van der Waals surface area contributed by atoms with Crippen LogP contribution in [0.4, 0.5) is 5.69 Å². The molecular weight excluding hydrogens is 400 g/mol. The lowest BCUT2D eigenvalue weighted by molar-refractivity contribution is -0.142. The Labute approximate surface area is 178 Å². The number of carbonyl (C=O) groups excluding carboxylic acids is 3. The summed E-state index contributed by atoms with van der Waals surface area (Å²) in [5.41, 5.74) is 2.10. The molecule has 6 nitrogen and oxygen atoms in total. The Hall–Kier alpha value is -3.71. The van der Waals surface area contributed by atoms with Crippen LogP contribution in [0.5, 0.6) is 0 Å². The second kappa shape index (κ2) is 10.2. The van der Waals surface area contributed by atoms with E-state index in [2.05, 4.69) is 10.6 Å². The van der Waals surface area contributed by atoms with Gasteiger partial charge in [0.05, 0.1) is 0 Å². The molecule has 1 heterocycles. The Balaban J connectivity index is 1.47. The highest BCUT2D eigenvalue weighted by atomic mass is 32.1. The molecule has 2 amide bonds. The molecule has 3 rings (SSSR count). The standard InChI is InChI=1S/C23H20N2O4S/c1-24-23(28)17-7-9-18(10-8-17)25-21(26)15-29-22(27)14-12-19-11-13-20(30-19)16-5-3-2-4-6-16/h2-14H,15H2,1H3,(H,24,28)(H,25,26)/b14-12+. The van der Waals surface area contributed by atoms with Crippen molar-refractivity contribution in [3.05, 3.63) is 83.2 Å². The van der Waals surface area contributed by atoms with E-state index < -0.39 is 18.5 Å². The SMILES string of the molecule is CNC(=O)c1ccc(NC(=O)COC(=O)/C=C/c2ccc(-c3ccccc3)s2)cc1. The third-order valence-electron chi connectivity index (χ3n) is 4.07. The van der Waals surface area contributed by atoms with Gasteiger partial charge in [-0.2, -0.15) is 0 Å². The summed E-state index contributed by atoms with van der Waals surface area (Å²) >= 11 is 1.56. The highest BCUT2D eigenvalue weighted by molar-refractivity contribution is 7.16. The van der Waals surface area contributed by atoms with Gasteiger partial charge in [-0.3, -0.25) is 9.59 Å². The molecule has 2 N–H and O–H groups in total. The minimum absolute atomic E-state index is 0.213. The van der Waals surface area contributed by atoms with Crippen LogP contribution in [0.3, 0.4) is 0 Å². The van der Waals surface area contributed by atoms with Crippen LogP contribution in [-0.2, 0) is 14.3 Å². The number of benzene rings is 2. The van der Waals surface area contributed by atoms with Crippen molar-refractivity contribution >= 4 is 40.9 Å². The molecule has 152 valence electrons. The second-order valence-electron chi connectivity index (χ2n) is 6.21. The van der Waals surface area contributed by atoms with Crippen molar-refractivity contribution < 1.29 is 19.1 Å². The summed E-state index contributed by atoms with van der Waals surface area (Å²) in [7, 11) is 1.54. The highest BCUT2D eigenvalue weighted by Crippen LogP contribution is 2.28. The van der Waals surface area contributed by atoms with E-state index in [0.717, 1.165) is 15.3 Å². The van der Waals surface area contributed by atoms with E-state index in [1.165, 1.54) is 6.08 Å². The van der Waals surface area contributed by atoms with E-state index in [9.17, 15) is 14.4 Å². The molecule has 0 bridgehead atoms. The Morgan fingerprint density at radius 3 is 2.40 bits per heavy atom. The molecule has 0 fully saturated rings. The number of amides is 2. The zero-order valence-corrected chi connectivity index (χ0v) is 17.1. The third-order valence-corrected chi connectivity index (χ3v) is 5.17. The van der Waals surface area contributed by atoms with E-state index >= 15 is 0 Å². The molecule has 0 saturated carbocycles. The fraction of sp³-hybridized carbons (Fsp3) is 0.0870. The van der Waals surface area contributed by atoms with Crippen molar-refractivity contribution in [1.82, 2.24) is 5.32 Å². The molecule has 0 saturated heterocycles. The monoisotopic (exact) mass is 420 g/mol. The average Bonchev–Trinajstić information content (AvgIpc) is 3.26. The van der Waals surface area contributed by atoms with Gasteiger partial charge in [0.2, 0.25) is 0 Å². The number of carbonyl (C=O) groups is 3. The highest BCUT2D eigenvalue weighted by Gasteiger charge is 2.08. The van der Waals surface area contributed by atoms with Gasteiger partial charge in [0.25, 0.3) is 11.8 Å². The quantitative estimate of drug-likeness (QED) is 0.447. The maximum atomic E-state index is 11.9. The van der Waals surface area contributed by atoms with Crippen molar-refractivity contribution in [3.8, 4) is 10.4 Å². The van der Waals surface area contributed by atoms with Gasteiger partial charge in [0.15, 0.2) is 6.61 Å². The summed E-state index contributed by atoms with van der Waals surface area (Å²) in [6.07, 6.45) is 2.96. The number of anilines is 1. The third kappa shape index (κ3) is 5.89. The number of hydrogen-bond donors (Lipinski definition) is 2. The van der Waals surface area contributed by atoms with Crippen LogP contribution in [0.15, 0.2) is 72.8 Å². The van der Waals surface area contributed by atoms with Crippen LogP contribution in [0.1, 0.15) is 15.2 Å². The summed E-state index contributed by atoms with van der Waals surface area (Å²) in [6, 6.07) is 20.3. The van der Waals surface area contributed by atoms with Crippen molar-refractivity contribution in [3.63, 3.8) is 0 Å². The van der Waals surface area contributed by atoms with Crippen LogP contribution in [0.25, 0.3) is 16.5 Å². The first kappa shape index (κ1) is 21.0. The molecule has 0 aliphatic carbocycles. The van der Waals surface area contributed by atoms with E-state index in [-0.39, 0.29) is 5.91 Å². The van der Waals surface area contributed by atoms with Crippen LogP contribution in [-0.4, -0.2) is 31.4 Å².